The van der Waals surface area contributed by atoms with Gasteiger partial charge in [0.05, 0.1) is 18.1 Å². The average Bonchev–Trinajstić information content (AvgIpc) is 3.07. The van der Waals surface area contributed by atoms with Crippen molar-refractivity contribution in [2.24, 2.45) is 7.05 Å². The molecule has 146 valence electrons. The number of anilines is 1. The van der Waals surface area contributed by atoms with Gasteiger partial charge in [0.2, 0.25) is 0 Å². The lowest BCUT2D eigenvalue weighted by Gasteiger charge is -2.12. The summed E-state index contributed by atoms with van der Waals surface area (Å²) in [5.41, 5.74) is 0.0936. The highest BCUT2D eigenvalue weighted by Gasteiger charge is 2.22. The van der Waals surface area contributed by atoms with Crippen LogP contribution in [0.25, 0.3) is 0 Å². The van der Waals surface area contributed by atoms with Crippen LogP contribution in [0.1, 0.15) is 0 Å². The third-order valence-electron chi connectivity index (χ3n) is 3.74. The second-order valence-electron chi connectivity index (χ2n) is 5.64. The number of benzene rings is 2. The molecular formula is C17H16N4O5S2. The lowest BCUT2D eigenvalue weighted by molar-refractivity contribution is -0.385. The number of nitrogens with one attached hydrogen (secondary N) is 1. The van der Waals surface area contributed by atoms with Crippen LogP contribution >= 0.6 is 11.8 Å². The van der Waals surface area contributed by atoms with E-state index in [2.05, 4.69) is 9.71 Å². The van der Waals surface area contributed by atoms with Crippen LogP contribution in [0.4, 0.5) is 11.4 Å². The van der Waals surface area contributed by atoms with Gasteiger partial charge in [0.25, 0.3) is 15.7 Å². The number of nitrogens with zero attached hydrogens (tertiary/aromatic N) is 3. The summed E-state index contributed by atoms with van der Waals surface area (Å²) in [7, 11) is -0.853. The molecule has 0 aliphatic heterocycles. The maximum atomic E-state index is 12.7. The van der Waals surface area contributed by atoms with Crippen molar-refractivity contribution in [1.29, 1.82) is 0 Å². The maximum absolute atomic E-state index is 12.7. The maximum Gasteiger partial charge on any atom is 0.273 e. The van der Waals surface area contributed by atoms with Gasteiger partial charge in [-0.2, -0.15) is 0 Å². The van der Waals surface area contributed by atoms with Crippen LogP contribution < -0.4 is 9.46 Å². The Labute approximate surface area is 165 Å². The van der Waals surface area contributed by atoms with Crippen LogP contribution in [0.2, 0.25) is 0 Å². The fraction of sp³-hybridized carbons (Fsp3) is 0.118. The lowest BCUT2D eigenvalue weighted by Crippen LogP contribution is -2.14. The van der Waals surface area contributed by atoms with Crippen LogP contribution in [0, 0.1) is 10.1 Å². The number of rotatable bonds is 7. The number of nitro benzene ring substituents is 1. The molecule has 0 aliphatic rings. The van der Waals surface area contributed by atoms with Crippen LogP contribution in [-0.2, 0) is 17.1 Å². The molecule has 0 aliphatic carbocycles. The summed E-state index contributed by atoms with van der Waals surface area (Å²) in [6, 6.07) is 10.1. The Bertz CT molecular complexity index is 1110. The SMILES string of the molecule is COc1cc([N+](=O)[O-])ccc1S(=O)(=O)Nc1ccc(Sc2nccn2C)cc1. The van der Waals surface area contributed by atoms with E-state index in [1.165, 1.54) is 18.9 Å². The Morgan fingerprint density at radius 3 is 2.50 bits per heavy atom. The third-order valence-corrected chi connectivity index (χ3v) is 6.24. The molecule has 0 saturated heterocycles. The van der Waals surface area contributed by atoms with Gasteiger partial charge < -0.3 is 9.30 Å². The Morgan fingerprint density at radius 1 is 1.21 bits per heavy atom. The summed E-state index contributed by atoms with van der Waals surface area (Å²) in [6.07, 6.45) is 3.53. The predicted octanol–water partition coefficient (Wildman–Crippen LogP) is 3.29. The van der Waals surface area contributed by atoms with Gasteiger partial charge >= 0.3 is 0 Å². The van der Waals surface area contributed by atoms with Gasteiger partial charge in [-0.1, -0.05) is 11.8 Å². The molecule has 0 spiro atoms. The fourth-order valence-electron chi connectivity index (χ4n) is 2.35. The molecule has 3 aromatic rings. The highest BCUT2D eigenvalue weighted by Crippen LogP contribution is 2.31. The molecule has 0 amide bonds. The zero-order chi connectivity index (χ0) is 20.3. The van der Waals surface area contributed by atoms with E-state index in [9.17, 15) is 18.5 Å². The zero-order valence-corrected chi connectivity index (χ0v) is 16.5. The minimum atomic E-state index is -3.99. The Kier molecular flexibility index (Phi) is 5.56. The summed E-state index contributed by atoms with van der Waals surface area (Å²) >= 11 is 1.45. The molecule has 1 heterocycles. The van der Waals surface area contributed by atoms with Gasteiger partial charge in [-0.25, -0.2) is 13.4 Å². The molecule has 9 nitrogen and oxygen atoms in total. The number of nitro groups is 1. The van der Waals surface area contributed by atoms with Crippen molar-refractivity contribution >= 4 is 33.2 Å². The molecule has 28 heavy (non-hydrogen) atoms. The van der Waals surface area contributed by atoms with Gasteiger partial charge in [-0.05, 0) is 30.3 Å². The molecule has 0 saturated carbocycles. The van der Waals surface area contributed by atoms with Crippen molar-refractivity contribution in [2.45, 2.75) is 14.9 Å². The molecule has 1 aromatic heterocycles. The topological polar surface area (TPSA) is 116 Å². The molecule has 0 radical (unpaired) electrons. The second kappa shape index (κ2) is 7.90. The molecule has 11 heteroatoms. The van der Waals surface area contributed by atoms with Gasteiger partial charge in [-0.15, -0.1) is 0 Å². The summed E-state index contributed by atoms with van der Waals surface area (Å²) in [4.78, 5) is 15.2. The minimum absolute atomic E-state index is 0.108. The molecule has 0 fully saturated rings. The number of methoxy groups -OCH3 is 1. The number of imidazole rings is 1. The predicted molar refractivity (Wildman–Crippen MR) is 104 cm³/mol. The summed E-state index contributed by atoms with van der Waals surface area (Å²) in [6.45, 7) is 0. The Hall–Kier alpha value is -3.05. The number of aromatic nitrogens is 2. The number of sulfonamides is 1. The highest BCUT2D eigenvalue weighted by molar-refractivity contribution is 7.99. The first-order chi connectivity index (χ1) is 13.3. The van der Waals surface area contributed by atoms with Crippen molar-refractivity contribution in [1.82, 2.24) is 9.55 Å². The van der Waals surface area contributed by atoms with E-state index in [4.69, 9.17) is 4.74 Å². The Balaban J connectivity index is 1.81. The summed E-state index contributed by atoms with van der Waals surface area (Å²) < 4.78 is 34.7. The van der Waals surface area contributed by atoms with Crippen molar-refractivity contribution in [3.05, 3.63) is 65.0 Å². The number of hydrogen-bond acceptors (Lipinski definition) is 7. The van der Waals surface area contributed by atoms with Crippen LogP contribution in [-0.4, -0.2) is 30.0 Å². The fourth-order valence-corrected chi connectivity index (χ4v) is 4.36. The first-order valence-corrected chi connectivity index (χ1v) is 10.2. The largest absolute Gasteiger partial charge is 0.495 e. The number of non-ortho nitro benzene ring substituents is 1. The molecule has 3 rings (SSSR count). The molecule has 1 N–H and O–H groups in total. The smallest absolute Gasteiger partial charge is 0.273 e. The number of aryl methyl sites for hydroxylation is 1. The van der Waals surface area contributed by atoms with E-state index in [-0.39, 0.29) is 16.3 Å². The van der Waals surface area contributed by atoms with E-state index in [1.807, 2.05) is 17.8 Å². The summed E-state index contributed by atoms with van der Waals surface area (Å²) in [5, 5.41) is 11.7. The molecular weight excluding hydrogens is 404 g/mol. The van der Waals surface area contributed by atoms with Gasteiger partial charge in [0.1, 0.15) is 10.6 Å². The van der Waals surface area contributed by atoms with Crippen molar-refractivity contribution in [2.75, 3.05) is 11.8 Å². The van der Waals surface area contributed by atoms with E-state index < -0.39 is 14.9 Å². The monoisotopic (exact) mass is 420 g/mol. The Morgan fingerprint density at radius 2 is 1.93 bits per heavy atom. The van der Waals surface area contributed by atoms with Crippen LogP contribution in [0.5, 0.6) is 5.75 Å². The number of ether oxygens (including phenoxy) is 1. The van der Waals surface area contributed by atoms with Crippen molar-refractivity contribution < 1.29 is 18.1 Å². The average molecular weight is 420 g/mol. The molecule has 0 atom stereocenters. The van der Waals surface area contributed by atoms with Crippen molar-refractivity contribution in [3.63, 3.8) is 0 Å². The van der Waals surface area contributed by atoms with E-state index in [0.717, 1.165) is 28.3 Å². The van der Waals surface area contributed by atoms with E-state index in [0.29, 0.717) is 5.69 Å². The first kappa shape index (κ1) is 19.7. The molecule has 0 bridgehead atoms. The lowest BCUT2D eigenvalue weighted by atomic mass is 10.3. The van der Waals surface area contributed by atoms with E-state index in [1.54, 1.807) is 30.5 Å². The normalized spacial score (nSPS) is 11.2. The van der Waals surface area contributed by atoms with E-state index >= 15 is 0 Å². The first-order valence-electron chi connectivity index (χ1n) is 7.90. The van der Waals surface area contributed by atoms with Gasteiger partial charge in [-0.3, -0.25) is 14.8 Å². The van der Waals surface area contributed by atoms with Crippen LogP contribution in [0.15, 0.2) is 69.8 Å². The highest BCUT2D eigenvalue weighted by atomic mass is 32.2. The number of hydrogen-bond donors (Lipinski definition) is 1. The molecule has 2 aromatic carbocycles. The molecule has 0 unspecified atom stereocenters. The third kappa shape index (κ3) is 4.26. The summed E-state index contributed by atoms with van der Waals surface area (Å²) in [5.74, 6) is -0.108. The van der Waals surface area contributed by atoms with Gasteiger partial charge in [0, 0.05) is 36.1 Å². The van der Waals surface area contributed by atoms with Crippen LogP contribution in [0.3, 0.4) is 0 Å². The standard InChI is InChI=1S/C17H16N4O5S2/c1-20-10-9-18-17(20)27-14-6-3-12(4-7-14)19-28(24,25)16-8-5-13(21(22)23)11-15(16)26-2/h3-11,19H,1-2H3. The quantitative estimate of drug-likeness (QED) is 0.460. The van der Waals surface area contributed by atoms with Crippen molar-refractivity contribution in [3.8, 4) is 5.75 Å². The minimum Gasteiger partial charge on any atom is -0.495 e. The second-order valence-corrected chi connectivity index (χ2v) is 8.34. The van der Waals surface area contributed by atoms with Gasteiger partial charge in [0.15, 0.2) is 5.16 Å². The zero-order valence-electron chi connectivity index (χ0n) is 14.9.